The van der Waals surface area contributed by atoms with Crippen LogP contribution >= 0.6 is 15.6 Å². The molecule has 2 rings (SSSR count). The van der Waals surface area contributed by atoms with Crippen molar-refractivity contribution in [2.75, 3.05) is 25.6 Å². The van der Waals surface area contributed by atoms with E-state index < -0.39 is 89.8 Å². The van der Waals surface area contributed by atoms with Gasteiger partial charge in [0.25, 0.3) is 0 Å². The number of rotatable bonds is 45. The number of unbranched alkanes of at least 4 members (excludes halogenated alkanes) is 19. The normalized spacial score (nSPS) is 19.6. The van der Waals surface area contributed by atoms with Crippen molar-refractivity contribution in [2.45, 2.75) is 231 Å². The van der Waals surface area contributed by atoms with E-state index in [0.29, 0.717) is 32.1 Å². The largest absolute Gasteiger partial charge is 0.481 e. The lowest BCUT2D eigenvalue weighted by molar-refractivity contribution is -0.161. The minimum Gasteiger partial charge on any atom is -0.462 e. The molecule has 1 aromatic heterocycles. The molecule has 0 amide bonds. The highest BCUT2D eigenvalue weighted by Crippen LogP contribution is 2.60. The van der Waals surface area contributed by atoms with Crippen molar-refractivity contribution in [3.63, 3.8) is 0 Å². The first-order valence-corrected chi connectivity index (χ1v) is 30.6. The van der Waals surface area contributed by atoms with Crippen LogP contribution in [0.2, 0.25) is 0 Å². The van der Waals surface area contributed by atoms with Gasteiger partial charge in [0.1, 0.15) is 30.7 Å². The van der Waals surface area contributed by atoms with Gasteiger partial charge >= 0.3 is 33.3 Å². The average molecular weight is 1100 g/mol. The van der Waals surface area contributed by atoms with E-state index in [4.69, 9.17) is 29.0 Å². The highest BCUT2D eigenvalue weighted by molar-refractivity contribution is 7.61. The maximum absolute atomic E-state index is 12.9. The number of ether oxygens (including phenoxy) is 3. The molecule has 0 bridgehead atoms. The Kier molecular flexibility index (Phi) is 36.9. The van der Waals surface area contributed by atoms with E-state index >= 15 is 0 Å². The van der Waals surface area contributed by atoms with Gasteiger partial charge in [-0.05, 0) is 56.9 Å². The number of anilines is 1. The maximum atomic E-state index is 12.9. The van der Waals surface area contributed by atoms with E-state index in [0.717, 1.165) is 55.2 Å². The number of carbonyl (C=O) groups excluding carboxylic acids is 2. The molecule has 2 unspecified atom stereocenters. The molecule has 8 atom stereocenters. The van der Waals surface area contributed by atoms with Gasteiger partial charge in [0, 0.05) is 19.0 Å². The molecule has 0 radical (unpaired) electrons. The molecular weight excluding hydrogens is 1010 g/mol. The number of phosphoric ester groups is 2. The van der Waals surface area contributed by atoms with Crippen molar-refractivity contribution in [1.82, 2.24) is 9.55 Å². The molecule has 7 N–H and O–H groups in total. The molecule has 75 heavy (non-hydrogen) atoms. The summed E-state index contributed by atoms with van der Waals surface area (Å²) in [6.07, 6.45) is 35.0. The molecule has 1 aliphatic rings. The second kappa shape index (κ2) is 40.8. The number of carbonyl (C=O) groups is 2. The van der Waals surface area contributed by atoms with E-state index in [2.05, 4.69) is 36.1 Å². The van der Waals surface area contributed by atoms with Crippen LogP contribution in [0.5, 0.6) is 0 Å². The molecule has 1 fully saturated rings. The van der Waals surface area contributed by atoms with Crippen LogP contribution in [0, 0.1) is 5.92 Å². The van der Waals surface area contributed by atoms with Crippen LogP contribution in [-0.2, 0) is 46.3 Å². The summed E-state index contributed by atoms with van der Waals surface area (Å²) in [7, 11) is -10.9. The molecule has 1 aliphatic heterocycles. The Bertz CT molecular complexity index is 1980. The first-order valence-electron chi connectivity index (χ1n) is 27.6. The lowest BCUT2D eigenvalue weighted by Gasteiger charge is -2.21. The lowest BCUT2D eigenvalue weighted by atomic mass is 10.0. The summed E-state index contributed by atoms with van der Waals surface area (Å²) in [6.45, 7) is 4.35. The second-order valence-corrected chi connectivity index (χ2v) is 22.8. The number of allylic oxidation sites excluding steroid dienone is 6. The fraction of sp³-hybridized carbons (Fsp3) is 0.741. The fourth-order valence-corrected chi connectivity index (χ4v) is 10.2. The highest BCUT2D eigenvalue weighted by atomic mass is 31.3. The third kappa shape index (κ3) is 34.2. The first kappa shape index (κ1) is 67.8. The van der Waals surface area contributed by atoms with Crippen molar-refractivity contribution < 1.29 is 71.4 Å². The van der Waals surface area contributed by atoms with Gasteiger partial charge in [-0.1, -0.05) is 185 Å². The number of phosphoric acid groups is 2. The Labute approximate surface area is 446 Å². The third-order valence-corrected chi connectivity index (χ3v) is 15.0. The molecule has 19 nitrogen and oxygen atoms in total. The number of nitrogens with zero attached hydrogens (tertiary/aromatic N) is 2. The summed E-state index contributed by atoms with van der Waals surface area (Å²) in [6, 6.07) is 1.24. The van der Waals surface area contributed by atoms with Crippen LogP contribution in [0.4, 0.5) is 5.82 Å². The van der Waals surface area contributed by atoms with Gasteiger partial charge < -0.3 is 45.1 Å². The van der Waals surface area contributed by atoms with Gasteiger partial charge in [-0.3, -0.25) is 23.2 Å². The van der Waals surface area contributed by atoms with Gasteiger partial charge in [-0.25, -0.2) is 13.9 Å². The smallest absolute Gasteiger partial charge is 0.462 e. The summed E-state index contributed by atoms with van der Waals surface area (Å²) < 4.78 is 56.8. The zero-order valence-electron chi connectivity index (χ0n) is 45.1. The predicted octanol–water partition coefficient (Wildman–Crippen LogP) is 10.9. The Morgan fingerprint density at radius 3 is 1.96 bits per heavy atom. The van der Waals surface area contributed by atoms with Gasteiger partial charge in [0.2, 0.25) is 0 Å². The number of nitrogen functional groups attached to an aromatic ring is 1. The first-order chi connectivity index (χ1) is 35.9. The van der Waals surface area contributed by atoms with Crippen LogP contribution < -0.4 is 11.4 Å². The molecule has 0 saturated carbocycles. The molecule has 0 aromatic carbocycles. The summed E-state index contributed by atoms with van der Waals surface area (Å²) >= 11 is 0. The number of hydrogen-bond donors (Lipinski definition) is 6. The monoisotopic (exact) mass is 1100 g/mol. The molecule has 0 spiro atoms. The Morgan fingerprint density at radius 1 is 0.747 bits per heavy atom. The summed E-state index contributed by atoms with van der Waals surface area (Å²) in [4.78, 5) is 62.0. The quantitative estimate of drug-likeness (QED) is 0.0116. The van der Waals surface area contributed by atoms with E-state index in [1.165, 1.54) is 96.0 Å². The van der Waals surface area contributed by atoms with Crippen LogP contribution in [-0.4, -0.2) is 96.9 Å². The number of nitrogens with two attached hydrogens (primary N) is 1. The van der Waals surface area contributed by atoms with E-state index in [1.807, 2.05) is 36.5 Å². The van der Waals surface area contributed by atoms with Gasteiger partial charge in [0.15, 0.2) is 12.3 Å². The summed E-state index contributed by atoms with van der Waals surface area (Å²) in [5.41, 5.74) is 4.59. The second-order valence-electron chi connectivity index (χ2n) is 19.8. The average Bonchev–Trinajstić information content (AvgIpc) is 3.63. The SMILES string of the molecule is CCCCC/C=C\C=C/[C@@H](O)C/C=C\C/C=C/CCCC(=O)OC[C@H](COP(=O)(O)OP(=O)(O)OC[C@H]1O[C@@H](n2ccc(N)nc2=O)[C@H](O)[C@@H]1O)OC(=O)CCCCCCCCCCCCCCCCCCC(C)C. The molecule has 1 saturated heterocycles. The van der Waals surface area contributed by atoms with Crippen molar-refractivity contribution in [1.29, 1.82) is 0 Å². The third-order valence-electron chi connectivity index (χ3n) is 12.4. The van der Waals surface area contributed by atoms with Gasteiger partial charge in [-0.2, -0.15) is 9.29 Å². The summed E-state index contributed by atoms with van der Waals surface area (Å²) in [5, 5.41) is 31.1. The van der Waals surface area contributed by atoms with E-state index in [1.54, 1.807) is 6.08 Å². The van der Waals surface area contributed by atoms with Crippen LogP contribution in [0.1, 0.15) is 200 Å². The maximum Gasteiger partial charge on any atom is 0.481 e. The fourth-order valence-electron chi connectivity index (χ4n) is 8.10. The molecule has 2 heterocycles. The minimum absolute atomic E-state index is 0.0174. The Morgan fingerprint density at radius 2 is 1.33 bits per heavy atom. The zero-order chi connectivity index (χ0) is 55.2. The van der Waals surface area contributed by atoms with Gasteiger partial charge in [0.05, 0.1) is 19.3 Å². The number of aliphatic hydroxyl groups is 3. The predicted molar refractivity (Wildman–Crippen MR) is 290 cm³/mol. The Hall–Kier alpha value is -3.32. The van der Waals surface area contributed by atoms with Crippen molar-refractivity contribution in [3.8, 4) is 0 Å². The van der Waals surface area contributed by atoms with Crippen LogP contribution in [0.15, 0.2) is 65.7 Å². The standard InChI is InChI=1S/C54H93N3O16P2/c1-4-5-6-7-19-25-30-35-45(58)36-31-26-21-18-23-27-32-37-49(59)68-41-46(71-50(60)38-33-28-22-17-15-13-11-9-8-10-12-14-16-20-24-29-34-44(2)3)42-69-74(64,65)73-75(66,67)70-43-47-51(61)52(62)53(72-47)57-40-39-48(55)56-54(57)63/h18-19,23,25-26,30-31,35,39-40,44-47,51-53,58,61-62H,4-17,20-22,24,27-29,32-34,36-38,41-43H2,1-3H3,(H,64,65)(H,66,67)(H2,55,56,63)/b23-18+,25-19-,31-26-,35-30-/t45-,46-,47-,51-,52-,53-/m1/s1. The van der Waals surface area contributed by atoms with Gasteiger partial charge in [-0.15, -0.1) is 0 Å². The molecule has 1 aromatic rings. The number of aliphatic hydroxyl groups excluding tert-OH is 3. The number of hydrogen-bond acceptors (Lipinski definition) is 16. The van der Waals surface area contributed by atoms with Crippen molar-refractivity contribution in [3.05, 3.63) is 71.4 Å². The van der Waals surface area contributed by atoms with Crippen molar-refractivity contribution in [2.24, 2.45) is 5.92 Å². The topological polar surface area (TPSA) is 286 Å². The number of esters is 2. The molecular formula is C54H93N3O16P2. The van der Waals surface area contributed by atoms with Crippen molar-refractivity contribution >= 4 is 33.4 Å². The number of aromatic nitrogens is 2. The minimum atomic E-state index is -5.45. The van der Waals surface area contributed by atoms with E-state index in [9.17, 15) is 48.6 Å². The van der Waals surface area contributed by atoms with E-state index in [-0.39, 0.29) is 18.7 Å². The highest BCUT2D eigenvalue weighted by Gasteiger charge is 2.46. The van der Waals surface area contributed by atoms with Crippen LogP contribution in [0.3, 0.4) is 0 Å². The zero-order valence-corrected chi connectivity index (χ0v) is 46.9. The molecule has 0 aliphatic carbocycles. The molecule has 21 heteroatoms. The molecule has 430 valence electrons. The lowest BCUT2D eigenvalue weighted by Crippen LogP contribution is -2.36. The summed E-state index contributed by atoms with van der Waals surface area (Å²) in [5.74, 6) is -0.601. The Balaban J connectivity index is 1.80. The van der Waals surface area contributed by atoms with Crippen LogP contribution in [0.25, 0.3) is 0 Å².